The molecule has 0 saturated carbocycles. The van der Waals surface area contributed by atoms with Crippen LogP contribution in [0.15, 0.2) is 0 Å². The van der Waals surface area contributed by atoms with E-state index in [-0.39, 0.29) is 18.6 Å². The molecule has 42 heavy (non-hydrogen) atoms. The second kappa shape index (κ2) is 38.5. The first-order valence-electron chi connectivity index (χ1n) is 18.3. The minimum Gasteiger partial charge on any atom is -0.260 e. The van der Waals surface area contributed by atoms with Gasteiger partial charge in [0, 0.05) is 17.9 Å². The molecule has 0 aliphatic carbocycles. The van der Waals surface area contributed by atoms with Gasteiger partial charge in [-0.05, 0) is 12.8 Å². The quantitative estimate of drug-likeness (QED) is 0.0401. The van der Waals surface area contributed by atoms with Crippen LogP contribution in [0.4, 0.5) is 0 Å². The molecule has 0 aromatic heterocycles. The van der Waals surface area contributed by atoms with Crippen LogP contribution in [0.3, 0.4) is 0 Å². The molecule has 0 aromatic carbocycles. The third-order valence-electron chi connectivity index (χ3n) is 8.22. The van der Waals surface area contributed by atoms with Gasteiger partial charge in [0.2, 0.25) is 0 Å². The first-order valence-corrected chi connectivity index (χ1v) is 18.3. The molecule has 0 unspecified atom stereocenters. The van der Waals surface area contributed by atoms with Crippen molar-refractivity contribution in [3.63, 3.8) is 0 Å². The molecule has 0 spiro atoms. The number of carbonyl (C=O) groups is 2. The van der Waals surface area contributed by atoms with Crippen LogP contribution in [0, 0.1) is 0 Å². The third kappa shape index (κ3) is 37.5. The van der Waals surface area contributed by atoms with Gasteiger partial charge in [0.15, 0.2) is 0 Å². The van der Waals surface area contributed by atoms with Crippen LogP contribution in [0.1, 0.15) is 219 Å². The molecule has 245 valence electrons. The summed E-state index contributed by atoms with van der Waals surface area (Å²) in [6.07, 6.45) is 39.2. The Morgan fingerprint density at radius 1 is 0.333 bits per heavy atom. The van der Waals surface area contributed by atoms with E-state index in [1.165, 1.54) is 154 Å². The maximum Gasteiger partial charge on any atom is 4.00 e. The zero-order chi connectivity index (χ0) is 29.9. The predicted octanol–water partition coefficient (Wildman–Crippen LogP) is 12.4. The summed E-state index contributed by atoms with van der Waals surface area (Å²) in [4.78, 5) is 32.6. The van der Waals surface area contributed by atoms with Crippen LogP contribution < -0.4 is 0 Å². The van der Waals surface area contributed by atoms with Crippen LogP contribution in [0.5, 0.6) is 0 Å². The van der Waals surface area contributed by atoms with E-state index in [9.17, 15) is 9.59 Å². The Labute approximate surface area is 273 Å². The first kappa shape index (κ1) is 43.6. The van der Waals surface area contributed by atoms with Crippen LogP contribution in [0.25, 0.3) is 0 Å². The SMILES string of the molecule is CCCCCCCCCCCCCCCCCC(=O)OOOC(=O)CCCCCCCCCCCCCCCCC.[V+4]. The second-order valence-corrected chi connectivity index (χ2v) is 12.4. The van der Waals surface area contributed by atoms with Crippen molar-refractivity contribution in [3.8, 4) is 0 Å². The van der Waals surface area contributed by atoms with E-state index in [2.05, 4.69) is 28.7 Å². The zero-order valence-corrected chi connectivity index (χ0v) is 29.5. The van der Waals surface area contributed by atoms with Gasteiger partial charge in [-0.2, -0.15) is 0 Å². The Hall–Kier alpha value is -0.516. The summed E-state index contributed by atoms with van der Waals surface area (Å²) in [5.74, 6) is -0.945. The standard InChI is InChI=1S/C36H70O5.V/c1-3-5-7-9-11-13-15-17-19-21-23-25-27-29-31-33-35(37)39-41-40-36(38)34-32-30-28-26-24-22-20-18-16-14-12-10-8-6-4-2;/h3-34H2,1-2H3;/q;+4. The van der Waals surface area contributed by atoms with E-state index in [0.29, 0.717) is 12.8 Å². The van der Waals surface area contributed by atoms with Crippen LogP contribution >= 0.6 is 0 Å². The molecule has 0 aliphatic rings. The summed E-state index contributed by atoms with van der Waals surface area (Å²) < 4.78 is 0. The van der Waals surface area contributed by atoms with Gasteiger partial charge in [0.25, 0.3) is 0 Å². The van der Waals surface area contributed by atoms with E-state index in [4.69, 9.17) is 0 Å². The van der Waals surface area contributed by atoms with Crippen LogP contribution in [-0.2, 0) is 43.0 Å². The number of hydrogen-bond acceptors (Lipinski definition) is 5. The molecule has 0 saturated heterocycles. The molecule has 0 bridgehead atoms. The molecule has 6 heteroatoms. The van der Waals surface area contributed by atoms with Gasteiger partial charge in [0.1, 0.15) is 0 Å². The molecule has 0 aromatic rings. The van der Waals surface area contributed by atoms with Gasteiger partial charge >= 0.3 is 30.5 Å². The number of rotatable bonds is 34. The summed E-state index contributed by atoms with van der Waals surface area (Å²) in [7, 11) is 0. The first-order chi connectivity index (χ1) is 20.2. The average Bonchev–Trinajstić information content (AvgIpc) is 2.97. The molecule has 0 N–H and O–H groups in total. The van der Waals surface area contributed by atoms with Crippen molar-refractivity contribution in [2.45, 2.75) is 219 Å². The van der Waals surface area contributed by atoms with E-state index < -0.39 is 11.9 Å². The van der Waals surface area contributed by atoms with Crippen molar-refractivity contribution in [2.24, 2.45) is 0 Å². The Bertz CT molecular complexity index is 497. The van der Waals surface area contributed by atoms with Crippen molar-refractivity contribution >= 4 is 11.9 Å². The Morgan fingerprint density at radius 3 is 0.738 bits per heavy atom. The fourth-order valence-electron chi connectivity index (χ4n) is 5.46. The van der Waals surface area contributed by atoms with E-state index >= 15 is 0 Å². The summed E-state index contributed by atoms with van der Waals surface area (Å²) in [5.41, 5.74) is 0. The molecule has 5 nitrogen and oxygen atoms in total. The summed E-state index contributed by atoms with van der Waals surface area (Å²) in [6.45, 7) is 4.54. The monoisotopic (exact) mass is 633 g/mol. The third-order valence-corrected chi connectivity index (χ3v) is 8.22. The second-order valence-electron chi connectivity index (χ2n) is 12.4. The smallest absolute Gasteiger partial charge is 0.260 e. The van der Waals surface area contributed by atoms with Gasteiger partial charge < -0.3 is 0 Å². The zero-order valence-electron chi connectivity index (χ0n) is 28.1. The van der Waals surface area contributed by atoms with Gasteiger partial charge in [-0.1, -0.05) is 194 Å². The molecule has 1 radical (unpaired) electrons. The summed E-state index contributed by atoms with van der Waals surface area (Å²) in [5, 5.41) is 4.41. The summed E-state index contributed by atoms with van der Waals surface area (Å²) in [6, 6.07) is 0. The Balaban J connectivity index is 0. The predicted molar refractivity (Wildman–Crippen MR) is 172 cm³/mol. The van der Waals surface area contributed by atoms with E-state index in [1.54, 1.807) is 0 Å². The Morgan fingerprint density at radius 2 is 0.524 bits per heavy atom. The maximum absolute atomic E-state index is 11.7. The van der Waals surface area contributed by atoms with E-state index in [1.807, 2.05) is 0 Å². The molecule has 0 rings (SSSR count). The van der Waals surface area contributed by atoms with Crippen LogP contribution in [0.2, 0.25) is 0 Å². The summed E-state index contributed by atoms with van der Waals surface area (Å²) >= 11 is 0. The number of carbonyl (C=O) groups excluding carboxylic acids is 2. The van der Waals surface area contributed by atoms with Crippen molar-refractivity contribution in [1.29, 1.82) is 0 Å². The van der Waals surface area contributed by atoms with Crippen molar-refractivity contribution in [1.82, 2.24) is 0 Å². The topological polar surface area (TPSA) is 61.8 Å². The van der Waals surface area contributed by atoms with Crippen molar-refractivity contribution in [3.05, 3.63) is 0 Å². The molecule has 0 amide bonds. The van der Waals surface area contributed by atoms with Crippen molar-refractivity contribution < 1.29 is 43.0 Å². The average molecular weight is 634 g/mol. The largest absolute Gasteiger partial charge is 4.00 e. The number of unbranched alkanes of at least 4 members (excludes halogenated alkanes) is 28. The fourth-order valence-corrected chi connectivity index (χ4v) is 5.46. The van der Waals surface area contributed by atoms with Gasteiger partial charge in [-0.3, -0.25) is 9.78 Å². The molecule has 0 atom stereocenters. The minimum atomic E-state index is -0.473. The maximum atomic E-state index is 11.7. The molecule has 0 heterocycles. The molecular weight excluding hydrogens is 563 g/mol. The molecular formula is C36H70O5V+4. The normalized spacial score (nSPS) is 10.9. The van der Waals surface area contributed by atoms with E-state index in [0.717, 1.165) is 38.5 Å². The van der Waals surface area contributed by atoms with Crippen molar-refractivity contribution in [2.75, 3.05) is 0 Å². The minimum absolute atomic E-state index is 0. The fraction of sp³-hybridized carbons (Fsp3) is 0.944. The van der Waals surface area contributed by atoms with Gasteiger partial charge in [-0.25, -0.2) is 9.59 Å². The van der Waals surface area contributed by atoms with Gasteiger partial charge in [-0.15, -0.1) is 0 Å². The number of hydrogen-bond donors (Lipinski definition) is 0. The van der Waals surface area contributed by atoms with Crippen LogP contribution in [-0.4, -0.2) is 11.9 Å². The molecule has 0 fully saturated rings. The van der Waals surface area contributed by atoms with Gasteiger partial charge in [0.05, 0.1) is 0 Å². The Kier molecular flexibility index (Phi) is 40.0. The molecule has 0 aliphatic heterocycles.